The van der Waals surface area contributed by atoms with Crippen LogP contribution in [0, 0.1) is 6.92 Å². The molecule has 0 aliphatic heterocycles. The topological polar surface area (TPSA) is 77.8 Å². The summed E-state index contributed by atoms with van der Waals surface area (Å²) in [5, 5.41) is 10.2. The first-order valence-electron chi connectivity index (χ1n) is 5.99. The predicted octanol–water partition coefficient (Wildman–Crippen LogP) is 2.75. The number of hydrogen-bond acceptors (Lipinski definition) is 2. The Hall–Kier alpha value is -0.830. The number of aromatic hydroxyl groups is 1. The van der Waals surface area contributed by atoms with E-state index >= 15 is 0 Å². The maximum absolute atomic E-state index is 11.6. The predicted molar refractivity (Wildman–Crippen MR) is 72.7 cm³/mol. The molecule has 0 aliphatic carbocycles. The second kappa shape index (κ2) is 5.04. The fraction of sp³-hybridized carbons (Fsp3) is 0.538. The third-order valence-electron chi connectivity index (χ3n) is 3.02. The van der Waals surface area contributed by atoms with Crippen LogP contribution >= 0.6 is 7.60 Å². The minimum atomic E-state index is -4.38. The molecule has 0 bridgehead atoms. The maximum Gasteiger partial charge on any atom is 0.356 e. The Kier molecular flexibility index (Phi) is 4.26. The second-order valence-electron chi connectivity index (χ2n) is 5.25. The van der Waals surface area contributed by atoms with E-state index in [2.05, 4.69) is 0 Å². The van der Waals surface area contributed by atoms with E-state index in [0.29, 0.717) is 11.1 Å². The highest BCUT2D eigenvalue weighted by atomic mass is 31.2. The summed E-state index contributed by atoms with van der Waals surface area (Å²) in [7, 11) is -4.38. The fourth-order valence-corrected chi connectivity index (χ4v) is 3.43. The van der Waals surface area contributed by atoms with Gasteiger partial charge in [-0.2, -0.15) is 0 Å². The summed E-state index contributed by atoms with van der Waals surface area (Å²) >= 11 is 0. The van der Waals surface area contributed by atoms with Gasteiger partial charge in [0, 0.05) is 5.56 Å². The van der Waals surface area contributed by atoms with E-state index in [0.717, 1.165) is 5.56 Å². The largest absolute Gasteiger partial charge is 0.507 e. The smallest absolute Gasteiger partial charge is 0.356 e. The third-order valence-corrected chi connectivity index (χ3v) is 4.20. The molecule has 1 rings (SSSR count). The molecule has 3 N–H and O–H groups in total. The molecular formula is C13H21O4P. The summed E-state index contributed by atoms with van der Waals surface area (Å²) in [5.41, 5.74) is 1.63. The molecule has 0 amide bonds. The zero-order chi connectivity index (χ0) is 14.2. The van der Waals surface area contributed by atoms with E-state index in [-0.39, 0.29) is 22.9 Å². The van der Waals surface area contributed by atoms with Crippen molar-refractivity contribution in [2.75, 3.05) is 0 Å². The molecule has 0 saturated heterocycles. The molecule has 0 atom stereocenters. The van der Waals surface area contributed by atoms with Crippen molar-refractivity contribution in [3.05, 3.63) is 22.8 Å². The molecule has 0 radical (unpaired) electrons. The molecule has 0 fully saturated rings. The molecule has 4 nitrogen and oxygen atoms in total. The van der Waals surface area contributed by atoms with Gasteiger partial charge in [-0.05, 0) is 29.9 Å². The Morgan fingerprint density at radius 3 is 1.94 bits per heavy atom. The fourth-order valence-electron chi connectivity index (χ4n) is 2.22. The van der Waals surface area contributed by atoms with Crippen LogP contribution in [-0.4, -0.2) is 14.9 Å². The summed E-state index contributed by atoms with van der Waals surface area (Å²) < 4.78 is 11.6. The van der Waals surface area contributed by atoms with Gasteiger partial charge >= 0.3 is 7.60 Å². The highest BCUT2D eigenvalue weighted by Gasteiger charge is 2.29. The summed E-state index contributed by atoms with van der Waals surface area (Å²) in [6.45, 7) is 9.19. The third kappa shape index (κ3) is 2.77. The maximum atomic E-state index is 11.6. The van der Waals surface area contributed by atoms with Crippen LogP contribution in [0.1, 0.15) is 56.2 Å². The summed E-state index contributed by atoms with van der Waals surface area (Å²) in [5.74, 6) is -0.0269. The standard InChI is InChI=1S/C13H21O4P/c1-7(2)10-6-9(5)13(18(15,16)17)11(8(3)4)12(10)14/h6-8,14H,1-5H3,(H2,15,16,17). The molecule has 0 heterocycles. The Labute approximate surface area is 108 Å². The molecule has 0 aliphatic rings. The number of phenolic OH excluding ortho intramolecular Hbond substituents is 1. The van der Waals surface area contributed by atoms with Crippen molar-refractivity contribution in [2.45, 2.75) is 46.5 Å². The van der Waals surface area contributed by atoms with E-state index in [9.17, 15) is 19.5 Å². The normalized spacial score (nSPS) is 12.5. The number of rotatable bonds is 3. The van der Waals surface area contributed by atoms with Gasteiger partial charge in [-0.3, -0.25) is 4.57 Å². The molecule has 0 saturated carbocycles. The lowest BCUT2D eigenvalue weighted by atomic mass is 9.91. The van der Waals surface area contributed by atoms with Crippen molar-refractivity contribution < 1.29 is 19.5 Å². The molecule has 1 aromatic carbocycles. The number of benzene rings is 1. The van der Waals surface area contributed by atoms with Gasteiger partial charge in [0.05, 0.1) is 5.30 Å². The quantitative estimate of drug-likeness (QED) is 0.739. The van der Waals surface area contributed by atoms with Crippen molar-refractivity contribution in [3.8, 4) is 5.75 Å². The van der Waals surface area contributed by atoms with E-state index < -0.39 is 7.60 Å². The van der Waals surface area contributed by atoms with Crippen LogP contribution in [0.3, 0.4) is 0 Å². The highest BCUT2D eigenvalue weighted by molar-refractivity contribution is 7.60. The van der Waals surface area contributed by atoms with E-state index in [1.165, 1.54) is 0 Å². The molecule has 0 aromatic heterocycles. The van der Waals surface area contributed by atoms with Gasteiger partial charge in [0.1, 0.15) is 5.75 Å². The van der Waals surface area contributed by atoms with Crippen LogP contribution in [-0.2, 0) is 4.57 Å². The van der Waals surface area contributed by atoms with Crippen LogP contribution in [0.25, 0.3) is 0 Å². The highest BCUT2D eigenvalue weighted by Crippen LogP contribution is 2.43. The SMILES string of the molecule is Cc1cc(C(C)C)c(O)c(C(C)C)c1P(=O)(O)O. The average Bonchev–Trinajstić information content (AvgIpc) is 2.17. The zero-order valence-corrected chi connectivity index (χ0v) is 12.3. The summed E-state index contributed by atoms with van der Waals surface area (Å²) in [6.07, 6.45) is 0. The average molecular weight is 272 g/mol. The summed E-state index contributed by atoms with van der Waals surface area (Å²) in [4.78, 5) is 18.9. The molecule has 0 unspecified atom stereocenters. The van der Waals surface area contributed by atoms with Crippen molar-refractivity contribution in [3.63, 3.8) is 0 Å². The summed E-state index contributed by atoms with van der Waals surface area (Å²) in [6, 6.07) is 1.67. The molecule has 0 spiro atoms. The second-order valence-corrected chi connectivity index (χ2v) is 6.78. The molecule has 18 heavy (non-hydrogen) atoms. The van der Waals surface area contributed by atoms with Crippen molar-refractivity contribution >= 4 is 12.9 Å². The lowest BCUT2D eigenvalue weighted by Gasteiger charge is -2.22. The van der Waals surface area contributed by atoms with E-state index in [1.807, 2.05) is 27.7 Å². The van der Waals surface area contributed by atoms with Gasteiger partial charge in [0.25, 0.3) is 0 Å². The van der Waals surface area contributed by atoms with Crippen LogP contribution in [0.2, 0.25) is 0 Å². The van der Waals surface area contributed by atoms with Gasteiger partial charge < -0.3 is 14.9 Å². The van der Waals surface area contributed by atoms with E-state index in [1.54, 1.807) is 13.0 Å². The first-order chi connectivity index (χ1) is 8.07. The van der Waals surface area contributed by atoms with Gasteiger partial charge in [-0.1, -0.05) is 33.8 Å². The number of hydrogen-bond donors (Lipinski definition) is 3. The minimum Gasteiger partial charge on any atom is -0.507 e. The zero-order valence-electron chi connectivity index (χ0n) is 11.4. The van der Waals surface area contributed by atoms with Gasteiger partial charge in [-0.25, -0.2) is 0 Å². The Bertz CT molecular complexity index is 500. The molecular weight excluding hydrogens is 251 g/mol. The Balaban J connectivity index is 3.75. The van der Waals surface area contributed by atoms with Gasteiger partial charge in [0.15, 0.2) is 0 Å². The van der Waals surface area contributed by atoms with Crippen molar-refractivity contribution in [1.29, 1.82) is 0 Å². The monoisotopic (exact) mass is 272 g/mol. The molecule has 102 valence electrons. The van der Waals surface area contributed by atoms with Gasteiger partial charge in [-0.15, -0.1) is 0 Å². The Morgan fingerprint density at radius 1 is 1.11 bits per heavy atom. The number of aryl methyl sites for hydroxylation is 1. The molecule has 5 heteroatoms. The lowest BCUT2D eigenvalue weighted by molar-refractivity contribution is 0.385. The Morgan fingerprint density at radius 2 is 1.61 bits per heavy atom. The van der Waals surface area contributed by atoms with Crippen LogP contribution in [0.5, 0.6) is 5.75 Å². The van der Waals surface area contributed by atoms with Crippen LogP contribution in [0.15, 0.2) is 6.07 Å². The van der Waals surface area contributed by atoms with Gasteiger partial charge in [0.2, 0.25) is 0 Å². The van der Waals surface area contributed by atoms with Crippen molar-refractivity contribution in [1.82, 2.24) is 0 Å². The number of phenols is 1. The minimum absolute atomic E-state index is 0.0175. The molecule has 1 aromatic rings. The van der Waals surface area contributed by atoms with Crippen molar-refractivity contribution in [2.24, 2.45) is 0 Å². The van der Waals surface area contributed by atoms with E-state index in [4.69, 9.17) is 0 Å². The van der Waals surface area contributed by atoms with Crippen LogP contribution < -0.4 is 5.30 Å². The first kappa shape index (κ1) is 15.2. The van der Waals surface area contributed by atoms with Crippen LogP contribution in [0.4, 0.5) is 0 Å². The lowest BCUT2D eigenvalue weighted by Crippen LogP contribution is -2.17. The first-order valence-corrected chi connectivity index (χ1v) is 7.61.